The van der Waals surface area contributed by atoms with Crippen molar-refractivity contribution in [3.63, 3.8) is 0 Å². The Bertz CT molecular complexity index is 366. The predicted molar refractivity (Wildman–Crippen MR) is 81.5 cm³/mol. The number of nitrogens with zero attached hydrogens (tertiary/aromatic N) is 2. The quantitative estimate of drug-likeness (QED) is 0.803. The molecule has 0 unspecified atom stereocenters. The highest BCUT2D eigenvalue weighted by Crippen LogP contribution is 2.33. The van der Waals surface area contributed by atoms with E-state index in [2.05, 4.69) is 39.6 Å². The zero-order valence-corrected chi connectivity index (χ0v) is 13.2. The van der Waals surface area contributed by atoms with Crippen LogP contribution in [0.1, 0.15) is 57.5 Å². The molecule has 1 aromatic heterocycles. The van der Waals surface area contributed by atoms with E-state index in [9.17, 15) is 0 Å². The highest BCUT2D eigenvalue weighted by molar-refractivity contribution is 7.15. The fraction of sp³-hybridized carbons (Fsp3) is 0.786. The molecule has 0 aliphatic heterocycles. The normalized spacial score (nSPS) is 11.9. The highest BCUT2D eigenvalue weighted by atomic mass is 32.1. The number of hydrogen-bond acceptors (Lipinski definition) is 4. The molecule has 0 saturated carbocycles. The minimum atomic E-state index is 0.0771. The Morgan fingerprint density at radius 2 is 1.94 bits per heavy atom. The zero-order chi connectivity index (χ0) is 13.8. The van der Waals surface area contributed by atoms with Gasteiger partial charge in [-0.15, -0.1) is 11.3 Å². The predicted octanol–water partition coefficient (Wildman–Crippen LogP) is 3.53. The molecular weight excluding hydrogens is 242 g/mol. The van der Waals surface area contributed by atoms with Crippen LogP contribution >= 0.6 is 11.3 Å². The molecule has 18 heavy (non-hydrogen) atoms. The van der Waals surface area contributed by atoms with E-state index in [1.54, 1.807) is 11.3 Å². The molecule has 2 N–H and O–H groups in total. The second-order valence-electron chi connectivity index (χ2n) is 5.85. The van der Waals surface area contributed by atoms with Gasteiger partial charge in [-0.25, -0.2) is 4.98 Å². The molecule has 104 valence electrons. The van der Waals surface area contributed by atoms with Gasteiger partial charge in [0.25, 0.3) is 0 Å². The third kappa shape index (κ3) is 3.95. The molecule has 0 bridgehead atoms. The van der Waals surface area contributed by atoms with E-state index in [-0.39, 0.29) is 5.41 Å². The Kier molecular flexibility index (Phi) is 5.60. The molecule has 0 aromatic carbocycles. The fourth-order valence-corrected chi connectivity index (χ4v) is 3.06. The number of hydrogen-bond donors (Lipinski definition) is 1. The number of unbranched alkanes of at least 4 members (excludes halogenated alkanes) is 2. The van der Waals surface area contributed by atoms with E-state index >= 15 is 0 Å². The third-order valence-corrected chi connectivity index (χ3v) is 4.20. The van der Waals surface area contributed by atoms with Gasteiger partial charge in [-0.2, -0.15) is 0 Å². The van der Waals surface area contributed by atoms with Crippen molar-refractivity contribution in [2.45, 2.75) is 58.9 Å². The molecule has 0 radical (unpaired) electrons. The van der Waals surface area contributed by atoms with Crippen molar-refractivity contribution < 1.29 is 0 Å². The van der Waals surface area contributed by atoms with Crippen LogP contribution in [0.3, 0.4) is 0 Å². The number of anilines is 1. The van der Waals surface area contributed by atoms with Crippen LogP contribution in [-0.4, -0.2) is 18.6 Å². The van der Waals surface area contributed by atoms with Gasteiger partial charge in [-0.3, -0.25) is 0 Å². The topological polar surface area (TPSA) is 42.2 Å². The molecule has 1 rings (SSSR count). The van der Waals surface area contributed by atoms with Crippen molar-refractivity contribution in [3.05, 3.63) is 10.6 Å². The van der Waals surface area contributed by atoms with E-state index in [0.29, 0.717) is 6.54 Å². The van der Waals surface area contributed by atoms with Crippen LogP contribution < -0.4 is 10.6 Å². The summed E-state index contributed by atoms with van der Waals surface area (Å²) in [7, 11) is 2.13. The molecule has 4 heteroatoms. The minimum Gasteiger partial charge on any atom is -0.351 e. The molecule has 0 fully saturated rings. The van der Waals surface area contributed by atoms with E-state index < -0.39 is 0 Å². The minimum absolute atomic E-state index is 0.0771. The summed E-state index contributed by atoms with van der Waals surface area (Å²) < 4.78 is 0. The molecule has 1 aromatic rings. The maximum atomic E-state index is 5.83. The first-order chi connectivity index (χ1) is 8.40. The summed E-state index contributed by atoms with van der Waals surface area (Å²) in [6.07, 6.45) is 3.77. The lowest BCUT2D eigenvalue weighted by atomic mass is 9.91. The second kappa shape index (κ2) is 6.53. The van der Waals surface area contributed by atoms with Gasteiger partial charge in [0.15, 0.2) is 5.13 Å². The second-order valence-corrected chi connectivity index (χ2v) is 6.91. The van der Waals surface area contributed by atoms with Crippen LogP contribution in [0.5, 0.6) is 0 Å². The standard InChI is InChI=1S/C14H27N3S/c1-6-7-8-9-17(5)13-16-12(14(2,3)4)11(10-15)18-13/h6-10,15H2,1-5H3. The third-order valence-electron chi connectivity index (χ3n) is 3.01. The molecule has 0 atom stereocenters. The first-order valence-corrected chi connectivity index (χ1v) is 7.63. The summed E-state index contributed by atoms with van der Waals surface area (Å²) in [5.41, 5.74) is 7.07. The van der Waals surface area contributed by atoms with Gasteiger partial charge in [0, 0.05) is 30.4 Å². The molecule has 1 heterocycles. The van der Waals surface area contributed by atoms with Gasteiger partial charge in [0.05, 0.1) is 5.69 Å². The lowest BCUT2D eigenvalue weighted by molar-refractivity contribution is 0.565. The molecule has 0 amide bonds. The molecule has 0 aliphatic rings. The molecule has 0 aliphatic carbocycles. The Morgan fingerprint density at radius 1 is 1.28 bits per heavy atom. The fourth-order valence-electron chi connectivity index (χ4n) is 1.92. The van der Waals surface area contributed by atoms with Crippen molar-refractivity contribution in [2.75, 3.05) is 18.5 Å². The summed E-state index contributed by atoms with van der Waals surface area (Å²) in [5.74, 6) is 0. The largest absolute Gasteiger partial charge is 0.351 e. The van der Waals surface area contributed by atoms with Crippen molar-refractivity contribution in [1.29, 1.82) is 0 Å². The summed E-state index contributed by atoms with van der Waals surface area (Å²) in [6.45, 7) is 10.5. The Balaban J connectivity index is 2.81. The molecular formula is C14H27N3S. The van der Waals surface area contributed by atoms with E-state index in [0.717, 1.165) is 17.4 Å². The maximum absolute atomic E-state index is 5.83. The first-order valence-electron chi connectivity index (χ1n) is 6.81. The average Bonchev–Trinajstić information content (AvgIpc) is 2.73. The Labute approximate surface area is 115 Å². The van der Waals surface area contributed by atoms with Crippen molar-refractivity contribution in [3.8, 4) is 0 Å². The van der Waals surface area contributed by atoms with Crippen molar-refractivity contribution in [1.82, 2.24) is 4.98 Å². The van der Waals surface area contributed by atoms with Crippen molar-refractivity contribution >= 4 is 16.5 Å². The van der Waals surface area contributed by atoms with Crippen LogP contribution in [0.25, 0.3) is 0 Å². The Hall–Kier alpha value is -0.610. The molecule has 0 saturated heterocycles. The molecule has 3 nitrogen and oxygen atoms in total. The lowest BCUT2D eigenvalue weighted by Gasteiger charge is -2.18. The van der Waals surface area contributed by atoms with E-state index in [1.165, 1.54) is 24.1 Å². The average molecular weight is 269 g/mol. The summed E-state index contributed by atoms with van der Waals surface area (Å²) in [6, 6.07) is 0. The SMILES string of the molecule is CCCCCN(C)c1nc(C(C)(C)C)c(CN)s1. The number of nitrogens with two attached hydrogens (primary N) is 1. The van der Waals surface area contributed by atoms with Gasteiger partial charge in [0.1, 0.15) is 0 Å². The van der Waals surface area contributed by atoms with Gasteiger partial charge in [-0.05, 0) is 6.42 Å². The smallest absolute Gasteiger partial charge is 0.185 e. The van der Waals surface area contributed by atoms with Gasteiger partial charge >= 0.3 is 0 Å². The number of thiazole rings is 1. The number of rotatable bonds is 6. The highest BCUT2D eigenvalue weighted by Gasteiger charge is 2.23. The van der Waals surface area contributed by atoms with Gasteiger partial charge < -0.3 is 10.6 Å². The summed E-state index contributed by atoms with van der Waals surface area (Å²) in [5, 5.41) is 1.11. The molecule has 0 spiro atoms. The van der Waals surface area contributed by atoms with Crippen LogP contribution in [-0.2, 0) is 12.0 Å². The van der Waals surface area contributed by atoms with E-state index in [1.807, 2.05) is 0 Å². The van der Waals surface area contributed by atoms with Crippen LogP contribution in [0, 0.1) is 0 Å². The van der Waals surface area contributed by atoms with Crippen LogP contribution in [0.4, 0.5) is 5.13 Å². The van der Waals surface area contributed by atoms with Gasteiger partial charge in [-0.1, -0.05) is 40.5 Å². The van der Waals surface area contributed by atoms with E-state index in [4.69, 9.17) is 10.7 Å². The van der Waals surface area contributed by atoms with Crippen LogP contribution in [0.15, 0.2) is 0 Å². The Morgan fingerprint density at radius 3 is 2.39 bits per heavy atom. The maximum Gasteiger partial charge on any atom is 0.185 e. The van der Waals surface area contributed by atoms with Crippen molar-refractivity contribution in [2.24, 2.45) is 5.73 Å². The zero-order valence-electron chi connectivity index (χ0n) is 12.4. The first kappa shape index (κ1) is 15.4. The number of aromatic nitrogens is 1. The summed E-state index contributed by atoms with van der Waals surface area (Å²) in [4.78, 5) is 8.28. The van der Waals surface area contributed by atoms with Gasteiger partial charge in [0.2, 0.25) is 0 Å². The summed E-state index contributed by atoms with van der Waals surface area (Å²) >= 11 is 1.74. The van der Waals surface area contributed by atoms with Crippen LogP contribution in [0.2, 0.25) is 0 Å². The monoisotopic (exact) mass is 269 g/mol. The lowest BCUT2D eigenvalue weighted by Crippen LogP contribution is -2.19.